The summed E-state index contributed by atoms with van der Waals surface area (Å²) in [5, 5.41) is 5.78. The van der Waals surface area contributed by atoms with Gasteiger partial charge in [-0.15, -0.1) is 0 Å². The predicted octanol–water partition coefficient (Wildman–Crippen LogP) is 7.29. The van der Waals surface area contributed by atoms with E-state index in [1.807, 2.05) is 12.1 Å². The number of rotatable bonds is 1. The Bertz CT molecular complexity index is 1660. The Hall–Kier alpha value is -3.63. The Morgan fingerprint density at radius 1 is 0.655 bits per heavy atom. The highest BCUT2D eigenvalue weighted by Crippen LogP contribution is 2.38. The van der Waals surface area contributed by atoms with Crippen LogP contribution in [-0.2, 0) is 0 Å². The molecule has 0 unspecified atom stereocenters. The van der Waals surface area contributed by atoms with E-state index in [4.69, 9.17) is 9.40 Å². The lowest BCUT2D eigenvalue weighted by Crippen LogP contribution is -1.91. The van der Waals surface area contributed by atoms with Gasteiger partial charge in [-0.25, -0.2) is 4.98 Å². The first-order valence-electron chi connectivity index (χ1n) is 9.57. The lowest BCUT2D eigenvalue weighted by Gasteiger charge is -2.01. The Labute approximate surface area is 169 Å². The molecule has 136 valence electrons. The van der Waals surface area contributed by atoms with Crippen LogP contribution in [0.15, 0.2) is 89.3 Å². The van der Waals surface area contributed by atoms with Crippen molar-refractivity contribution in [2.75, 3.05) is 0 Å². The number of hydrogen-bond donors (Lipinski definition) is 0. The second kappa shape index (κ2) is 5.46. The van der Waals surface area contributed by atoms with Crippen LogP contribution >= 0.6 is 11.3 Å². The van der Waals surface area contributed by atoms with Crippen LogP contribution in [0, 0.1) is 0 Å². The van der Waals surface area contributed by atoms with E-state index in [-0.39, 0.29) is 0 Å². The van der Waals surface area contributed by atoms with Gasteiger partial charge in [0.05, 0.1) is 21.3 Å². The molecule has 0 saturated heterocycles. The molecule has 0 aliphatic rings. The molecular weight excluding hydrogens is 376 g/mol. The molecule has 3 heterocycles. The van der Waals surface area contributed by atoms with Crippen LogP contribution in [-0.4, -0.2) is 9.55 Å². The number of benzene rings is 4. The monoisotopic (exact) mass is 390 g/mol. The number of aromatic nitrogens is 2. The topological polar surface area (TPSA) is 31.0 Å². The highest BCUT2D eigenvalue weighted by Gasteiger charge is 2.16. The van der Waals surface area contributed by atoms with Crippen LogP contribution in [0.25, 0.3) is 59.1 Å². The Kier molecular flexibility index (Phi) is 2.88. The third-order valence-corrected chi connectivity index (χ3v) is 6.65. The maximum Gasteiger partial charge on any atom is 0.195 e. The summed E-state index contributed by atoms with van der Waals surface area (Å²) in [6.45, 7) is 0. The van der Waals surface area contributed by atoms with Crippen LogP contribution in [0.1, 0.15) is 0 Å². The second-order valence-corrected chi connectivity index (χ2v) is 8.29. The van der Waals surface area contributed by atoms with E-state index < -0.39 is 0 Å². The van der Waals surface area contributed by atoms with Crippen molar-refractivity contribution >= 4 is 65.3 Å². The van der Waals surface area contributed by atoms with Gasteiger partial charge in [-0.2, -0.15) is 0 Å². The number of thiazole rings is 1. The fourth-order valence-electron chi connectivity index (χ4n) is 4.36. The Morgan fingerprint density at radius 3 is 2.07 bits per heavy atom. The number of furan rings is 1. The average molecular weight is 390 g/mol. The van der Waals surface area contributed by atoms with Crippen molar-refractivity contribution < 1.29 is 4.42 Å². The summed E-state index contributed by atoms with van der Waals surface area (Å²) >= 11 is 1.72. The lowest BCUT2D eigenvalue weighted by atomic mass is 10.1. The minimum Gasteiger partial charge on any atom is -0.456 e. The summed E-state index contributed by atoms with van der Waals surface area (Å²) in [7, 11) is 0. The van der Waals surface area contributed by atoms with Gasteiger partial charge in [0.2, 0.25) is 0 Å². The summed E-state index contributed by atoms with van der Waals surface area (Å²) in [4.78, 5) is 5.00. The summed E-state index contributed by atoms with van der Waals surface area (Å²) in [5.74, 6) is 0. The van der Waals surface area contributed by atoms with Gasteiger partial charge < -0.3 is 4.42 Å². The molecule has 4 aromatic carbocycles. The minimum absolute atomic E-state index is 0.887. The van der Waals surface area contributed by atoms with Gasteiger partial charge in [0.25, 0.3) is 0 Å². The fourth-order valence-corrected chi connectivity index (χ4v) is 5.37. The van der Waals surface area contributed by atoms with Gasteiger partial charge in [-0.05, 0) is 24.3 Å². The molecule has 7 rings (SSSR count). The van der Waals surface area contributed by atoms with Crippen LogP contribution < -0.4 is 0 Å². The molecule has 0 bridgehead atoms. The van der Waals surface area contributed by atoms with E-state index in [0.717, 1.165) is 32.6 Å². The zero-order valence-corrected chi connectivity index (χ0v) is 16.1. The van der Waals surface area contributed by atoms with Gasteiger partial charge in [-0.3, -0.25) is 4.57 Å². The Morgan fingerprint density at radius 2 is 1.31 bits per heavy atom. The fraction of sp³-hybridized carbons (Fsp3) is 0. The molecule has 4 heteroatoms. The van der Waals surface area contributed by atoms with E-state index in [0.29, 0.717) is 0 Å². The number of nitrogens with zero attached hydrogens (tertiary/aromatic N) is 2. The molecule has 0 fully saturated rings. The van der Waals surface area contributed by atoms with E-state index in [2.05, 4.69) is 77.4 Å². The van der Waals surface area contributed by atoms with E-state index >= 15 is 0 Å². The second-order valence-electron chi connectivity index (χ2n) is 7.28. The van der Waals surface area contributed by atoms with Gasteiger partial charge in [-0.1, -0.05) is 65.9 Å². The molecule has 3 nitrogen and oxygen atoms in total. The smallest absolute Gasteiger partial charge is 0.195 e. The van der Waals surface area contributed by atoms with Crippen LogP contribution in [0.3, 0.4) is 0 Å². The van der Waals surface area contributed by atoms with Gasteiger partial charge in [0.1, 0.15) is 11.2 Å². The zero-order chi connectivity index (χ0) is 18.9. The molecule has 0 atom stereocenters. The molecule has 0 aliphatic carbocycles. The van der Waals surface area contributed by atoms with Gasteiger partial charge >= 0.3 is 0 Å². The number of fused-ring (bicyclic) bond motifs is 7. The third-order valence-electron chi connectivity index (χ3n) is 5.65. The highest BCUT2D eigenvalue weighted by atomic mass is 32.1. The summed E-state index contributed by atoms with van der Waals surface area (Å²) in [6, 6.07) is 29.5. The van der Waals surface area contributed by atoms with Crippen molar-refractivity contribution in [1.29, 1.82) is 0 Å². The van der Waals surface area contributed by atoms with Crippen LogP contribution in [0.2, 0.25) is 0 Å². The van der Waals surface area contributed by atoms with E-state index in [1.54, 1.807) is 11.3 Å². The van der Waals surface area contributed by atoms with Crippen molar-refractivity contribution in [2.24, 2.45) is 0 Å². The maximum absolute atomic E-state index is 6.06. The van der Waals surface area contributed by atoms with Crippen LogP contribution in [0.5, 0.6) is 0 Å². The van der Waals surface area contributed by atoms with Gasteiger partial charge in [0, 0.05) is 27.6 Å². The average Bonchev–Trinajstić information content (AvgIpc) is 3.42. The standard InChI is InChI=1S/C25H14N2OS/c1-4-10-20-15(7-1)16-8-2-5-11-21(16)27(20)25-26-19-14-23-18(13-24(19)29-25)17-9-3-6-12-22(17)28-23/h1-14H. The van der Waals surface area contributed by atoms with Crippen molar-refractivity contribution in [2.45, 2.75) is 0 Å². The van der Waals surface area contributed by atoms with Crippen molar-refractivity contribution in [3.8, 4) is 5.13 Å². The number of hydrogen-bond acceptors (Lipinski definition) is 3. The molecule has 0 saturated carbocycles. The molecular formula is C25H14N2OS. The van der Waals surface area contributed by atoms with Crippen molar-refractivity contribution in [1.82, 2.24) is 9.55 Å². The first-order chi connectivity index (χ1) is 14.4. The molecule has 0 N–H and O–H groups in total. The first kappa shape index (κ1) is 15.3. The maximum atomic E-state index is 6.06. The summed E-state index contributed by atoms with van der Waals surface area (Å²) in [5.41, 5.74) is 5.14. The summed E-state index contributed by atoms with van der Waals surface area (Å²) < 4.78 is 9.50. The third kappa shape index (κ3) is 2.04. The highest BCUT2D eigenvalue weighted by molar-refractivity contribution is 7.21. The quantitative estimate of drug-likeness (QED) is 0.295. The molecule has 7 aromatic rings. The summed E-state index contributed by atoms with van der Waals surface area (Å²) in [6.07, 6.45) is 0. The molecule has 0 radical (unpaired) electrons. The van der Waals surface area contributed by atoms with Crippen molar-refractivity contribution in [3.05, 3.63) is 84.9 Å². The minimum atomic E-state index is 0.887. The first-order valence-corrected chi connectivity index (χ1v) is 10.4. The normalized spacial score (nSPS) is 12.1. The van der Waals surface area contributed by atoms with Gasteiger partial charge in [0.15, 0.2) is 5.13 Å². The molecule has 0 spiro atoms. The molecule has 3 aromatic heterocycles. The Balaban J connectivity index is 1.57. The molecule has 29 heavy (non-hydrogen) atoms. The van der Waals surface area contributed by atoms with E-state index in [9.17, 15) is 0 Å². The van der Waals surface area contributed by atoms with E-state index in [1.165, 1.54) is 26.5 Å². The molecule has 0 amide bonds. The van der Waals surface area contributed by atoms with Crippen LogP contribution in [0.4, 0.5) is 0 Å². The SMILES string of the molecule is c1ccc2c(c1)oc1cc3nc(-n4c5ccccc5c5ccccc54)sc3cc12. The predicted molar refractivity (Wildman–Crippen MR) is 121 cm³/mol. The molecule has 0 aliphatic heterocycles. The largest absolute Gasteiger partial charge is 0.456 e. The lowest BCUT2D eigenvalue weighted by molar-refractivity contribution is 0.669. The van der Waals surface area contributed by atoms with Crippen molar-refractivity contribution in [3.63, 3.8) is 0 Å². The number of para-hydroxylation sites is 3. The zero-order valence-electron chi connectivity index (χ0n) is 15.3.